The number of aliphatic hydroxyl groups excluding tert-OH is 1. The van der Waals surface area contributed by atoms with Crippen LogP contribution in [0.15, 0.2) is 35.5 Å². The molecule has 0 aliphatic carbocycles. The molecule has 0 bridgehead atoms. The molecule has 6 nitrogen and oxygen atoms in total. The quantitative estimate of drug-likeness (QED) is 0.817. The zero-order valence-corrected chi connectivity index (χ0v) is 14.6. The first-order valence-electron chi connectivity index (χ1n) is 7.34. The number of rotatable bonds is 5. The lowest BCUT2D eigenvalue weighted by Crippen LogP contribution is -2.41. The van der Waals surface area contributed by atoms with Gasteiger partial charge in [0.2, 0.25) is 5.91 Å². The summed E-state index contributed by atoms with van der Waals surface area (Å²) in [6.07, 6.45) is -0.841. The average molecular weight is 334 g/mol. The number of nitrogens with one attached hydrogen (secondary N) is 1. The Labute approximate surface area is 140 Å². The Kier molecular flexibility index (Phi) is 5.43. The second-order valence-corrected chi connectivity index (χ2v) is 7.24. The first-order chi connectivity index (χ1) is 10.8. The minimum atomic E-state index is -0.841. The van der Waals surface area contributed by atoms with E-state index < -0.39 is 6.10 Å². The normalized spacial score (nSPS) is 12.9. The molecule has 2 N–H and O–H groups in total. The fraction of sp³-hybridized carbons (Fsp3) is 0.438. The molecule has 0 saturated heterocycles. The Morgan fingerprint density at radius 3 is 2.57 bits per heavy atom. The molecule has 1 amide bonds. The number of nitrogens with zero attached hydrogens (tertiary/aromatic N) is 3. The Morgan fingerprint density at radius 1 is 1.30 bits per heavy atom. The van der Waals surface area contributed by atoms with E-state index in [4.69, 9.17) is 0 Å². The predicted molar refractivity (Wildman–Crippen MR) is 90.1 cm³/mol. The lowest BCUT2D eigenvalue weighted by atomic mass is 10.1. The maximum atomic E-state index is 11.9. The van der Waals surface area contributed by atoms with E-state index in [1.165, 1.54) is 11.8 Å². The second kappa shape index (κ2) is 7.14. The van der Waals surface area contributed by atoms with Gasteiger partial charge in [-0.05, 0) is 26.3 Å². The molecule has 2 aromatic rings. The van der Waals surface area contributed by atoms with Gasteiger partial charge in [0.05, 0.1) is 5.75 Å². The summed E-state index contributed by atoms with van der Waals surface area (Å²) in [5.74, 6) is 0.649. The Hall–Kier alpha value is -1.86. The van der Waals surface area contributed by atoms with Crippen LogP contribution in [-0.2, 0) is 11.8 Å². The highest BCUT2D eigenvalue weighted by Gasteiger charge is 2.20. The summed E-state index contributed by atoms with van der Waals surface area (Å²) in [6, 6.07) is 9.29. The molecule has 2 rings (SSSR count). The maximum absolute atomic E-state index is 11.9. The van der Waals surface area contributed by atoms with Gasteiger partial charge in [0.15, 0.2) is 11.0 Å². The largest absolute Gasteiger partial charge is 0.380 e. The zero-order chi connectivity index (χ0) is 17.0. The first kappa shape index (κ1) is 17.5. The van der Waals surface area contributed by atoms with E-state index in [9.17, 15) is 9.90 Å². The summed E-state index contributed by atoms with van der Waals surface area (Å²) in [6.45, 7) is 5.81. The molecule has 7 heteroatoms. The zero-order valence-electron chi connectivity index (χ0n) is 13.8. The van der Waals surface area contributed by atoms with Gasteiger partial charge in [0.1, 0.15) is 6.10 Å². The predicted octanol–water partition coefficient (Wildman–Crippen LogP) is 1.90. The van der Waals surface area contributed by atoms with E-state index in [1.807, 2.05) is 51.1 Å². The molecular weight excluding hydrogens is 312 g/mol. The highest BCUT2D eigenvalue weighted by molar-refractivity contribution is 7.99. The van der Waals surface area contributed by atoms with Crippen LogP contribution in [0.3, 0.4) is 0 Å². The van der Waals surface area contributed by atoms with Crippen molar-refractivity contribution in [2.75, 3.05) is 5.75 Å². The summed E-state index contributed by atoms with van der Waals surface area (Å²) in [4.78, 5) is 11.9. The average Bonchev–Trinajstić information content (AvgIpc) is 2.84. The van der Waals surface area contributed by atoms with E-state index in [2.05, 4.69) is 15.5 Å². The fourth-order valence-electron chi connectivity index (χ4n) is 2.06. The number of hydrogen-bond acceptors (Lipinski definition) is 5. The highest BCUT2D eigenvalue weighted by Crippen LogP contribution is 2.23. The van der Waals surface area contributed by atoms with Gasteiger partial charge in [-0.15, -0.1) is 10.2 Å². The van der Waals surface area contributed by atoms with Crippen LogP contribution in [0.25, 0.3) is 0 Å². The number of benzene rings is 1. The molecule has 0 aliphatic rings. The smallest absolute Gasteiger partial charge is 0.230 e. The van der Waals surface area contributed by atoms with Crippen LogP contribution < -0.4 is 5.32 Å². The molecule has 23 heavy (non-hydrogen) atoms. The van der Waals surface area contributed by atoms with Crippen molar-refractivity contribution in [3.63, 3.8) is 0 Å². The molecule has 0 aliphatic heterocycles. The summed E-state index contributed by atoms with van der Waals surface area (Å²) >= 11 is 1.30. The van der Waals surface area contributed by atoms with Crippen molar-refractivity contribution >= 4 is 17.7 Å². The number of thioether (sulfide) groups is 1. The van der Waals surface area contributed by atoms with Crippen molar-refractivity contribution in [1.82, 2.24) is 20.1 Å². The van der Waals surface area contributed by atoms with Crippen molar-refractivity contribution in [2.45, 2.75) is 37.6 Å². The van der Waals surface area contributed by atoms with Gasteiger partial charge >= 0.3 is 0 Å². The number of hydrogen-bond donors (Lipinski definition) is 2. The van der Waals surface area contributed by atoms with Gasteiger partial charge in [-0.1, -0.05) is 42.1 Å². The van der Waals surface area contributed by atoms with Crippen LogP contribution >= 0.6 is 11.8 Å². The van der Waals surface area contributed by atoms with E-state index in [0.29, 0.717) is 11.0 Å². The number of amides is 1. The molecule has 0 spiro atoms. The minimum Gasteiger partial charge on any atom is -0.380 e. The van der Waals surface area contributed by atoms with Gasteiger partial charge in [0.25, 0.3) is 0 Å². The van der Waals surface area contributed by atoms with Crippen LogP contribution in [0, 0.1) is 0 Å². The molecule has 0 unspecified atom stereocenters. The van der Waals surface area contributed by atoms with Crippen LogP contribution in [0.5, 0.6) is 0 Å². The SMILES string of the molecule is Cn1c(SCC(=O)NC(C)(C)C)nnc1[C@H](O)c1ccccc1. The molecule has 124 valence electrons. The van der Waals surface area contributed by atoms with Crippen LogP contribution in [0.4, 0.5) is 0 Å². The molecule has 0 radical (unpaired) electrons. The third-order valence-electron chi connectivity index (χ3n) is 3.08. The van der Waals surface area contributed by atoms with Gasteiger partial charge in [-0.2, -0.15) is 0 Å². The van der Waals surface area contributed by atoms with Crippen molar-refractivity contribution in [3.8, 4) is 0 Å². The fourth-order valence-corrected chi connectivity index (χ4v) is 2.78. The van der Waals surface area contributed by atoms with Crippen LogP contribution in [0.1, 0.15) is 38.3 Å². The monoisotopic (exact) mass is 334 g/mol. The molecule has 0 fully saturated rings. The third kappa shape index (κ3) is 4.80. The van der Waals surface area contributed by atoms with Gasteiger partial charge < -0.3 is 15.0 Å². The molecule has 1 aromatic heterocycles. The van der Waals surface area contributed by atoms with Gasteiger partial charge in [-0.25, -0.2) is 0 Å². The standard InChI is InChI=1S/C16H22N4O2S/c1-16(2,3)17-12(21)10-23-15-19-18-14(20(15)4)13(22)11-8-6-5-7-9-11/h5-9,13,22H,10H2,1-4H3,(H,17,21)/t13-/m1/s1. The van der Waals surface area contributed by atoms with E-state index >= 15 is 0 Å². The summed E-state index contributed by atoms with van der Waals surface area (Å²) in [5, 5.41) is 22.0. The molecular formula is C16H22N4O2S. The molecule has 1 atom stereocenters. The van der Waals surface area contributed by atoms with Gasteiger partial charge in [0, 0.05) is 12.6 Å². The Bertz CT molecular complexity index is 664. The van der Waals surface area contributed by atoms with E-state index in [-0.39, 0.29) is 17.2 Å². The van der Waals surface area contributed by atoms with E-state index in [0.717, 1.165) is 5.56 Å². The minimum absolute atomic E-state index is 0.0596. The van der Waals surface area contributed by atoms with Crippen molar-refractivity contribution < 1.29 is 9.90 Å². The third-order valence-corrected chi connectivity index (χ3v) is 4.10. The van der Waals surface area contributed by atoms with Crippen molar-refractivity contribution in [2.24, 2.45) is 7.05 Å². The Morgan fingerprint density at radius 2 is 1.96 bits per heavy atom. The number of aliphatic hydroxyl groups is 1. The van der Waals surface area contributed by atoms with Crippen molar-refractivity contribution in [1.29, 1.82) is 0 Å². The molecule has 1 aromatic carbocycles. The van der Waals surface area contributed by atoms with Crippen molar-refractivity contribution in [3.05, 3.63) is 41.7 Å². The van der Waals surface area contributed by atoms with Crippen LogP contribution in [-0.4, -0.2) is 37.1 Å². The Balaban J connectivity index is 2.04. The van der Waals surface area contributed by atoms with Crippen LogP contribution in [0.2, 0.25) is 0 Å². The summed E-state index contributed by atoms with van der Waals surface area (Å²) in [7, 11) is 1.78. The topological polar surface area (TPSA) is 80.0 Å². The lowest BCUT2D eigenvalue weighted by molar-refractivity contribution is -0.119. The van der Waals surface area contributed by atoms with Gasteiger partial charge in [-0.3, -0.25) is 4.79 Å². The maximum Gasteiger partial charge on any atom is 0.230 e. The highest BCUT2D eigenvalue weighted by atomic mass is 32.2. The molecule has 0 saturated carbocycles. The summed E-state index contributed by atoms with van der Waals surface area (Å²) < 4.78 is 1.71. The second-order valence-electron chi connectivity index (χ2n) is 6.30. The molecule has 1 heterocycles. The summed E-state index contributed by atoms with van der Waals surface area (Å²) in [5.41, 5.74) is 0.497. The number of carbonyl (C=O) groups excluding carboxylic acids is 1. The number of carbonyl (C=O) groups is 1. The number of aromatic nitrogens is 3. The lowest BCUT2D eigenvalue weighted by Gasteiger charge is -2.20. The first-order valence-corrected chi connectivity index (χ1v) is 8.32. The van der Waals surface area contributed by atoms with E-state index in [1.54, 1.807) is 11.6 Å².